The van der Waals surface area contributed by atoms with E-state index in [-0.39, 0.29) is 12.1 Å². The molecule has 0 bridgehead atoms. The minimum absolute atomic E-state index is 0.123. The molecule has 0 saturated heterocycles. The van der Waals surface area contributed by atoms with E-state index >= 15 is 0 Å². The smallest absolute Gasteiger partial charge is 0.128 e. The molecule has 0 amide bonds. The van der Waals surface area contributed by atoms with E-state index in [9.17, 15) is 8.78 Å². The largest absolute Gasteiger partial charge is 0.306 e. The molecule has 0 spiro atoms. The lowest BCUT2D eigenvalue weighted by atomic mass is 10.0. The van der Waals surface area contributed by atoms with E-state index in [2.05, 4.69) is 11.2 Å². The third-order valence-electron chi connectivity index (χ3n) is 2.77. The zero-order valence-corrected chi connectivity index (χ0v) is 10.1. The lowest BCUT2D eigenvalue weighted by Crippen LogP contribution is -2.31. The molecule has 2 atom stereocenters. The van der Waals surface area contributed by atoms with Crippen LogP contribution in [-0.2, 0) is 0 Å². The van der Waals surface area contributed by atoms with Crippen LogP contribution >= 0.6 is 0 Å². The highest BCUT2D eigenvalue weighted by Gasteiger charge is 2.15. The van der Waals surface area contributed by atoms with E-state index in [1.807, 2.05) is 6.92 Å². The normalized spacial score (nSPS) is 14.1. The van der Waals surface area contributed by atoms with E-state index in [4.69, 9.17) is 6.42 Å². The molecule has 0 fully saturated rings. The van der Waals surface area contributed by atoms with Gasteiger partial charge < -0.3 is 5.32 Å². The van der Waals surface area contributed by atoms with E-state index in [1.54, 1.807) is 6.92 Å². The van der Waals surface area contributed by atoms with Crippen LogP contribution in [-0.4, -0.2) is 6.04 Å². The monoisotopic (exact) mass is 237 g/mol. The van der Waals surface area contributed by atoms with E-state index in [1.165, 1.54) is 6.07 Å². The summed E-state index contributed by atoms with van der Waals surface area (Å²) in [7, 11) is 0. The van der Waals surface area contributed by atoms with Gasteiger partial charge in [-0.25, -0.2) is 8.78 Å². The minimum atomic E-state index is -0.431. The number of nitrogens with one attached hydrogen (secondary N) is 1. The first-order valence-electron chi connectivity index (χ1n) is 5.73. The Morgan fingerprint density at radius 3 is 2.71 bits per heavy atom. The van der Waals surface area contributed by atoms with Crippen LogP contribution in [0.5, 0.6) is 0 Å². The maximum atomic E-state index is 13.5. The van der Waals surface area contributed by atoms with Gasteiger partial charge in [0.15, 0.2) is 0 Å². The molecule has 1 aromatic rings. The second-order valence-corrected chi connectivity index (χ2v) is 4.07. The van der Waals surface area contributed by atoms with Gasteiger partial charge in [-0.05, 0) is 31.5 Å². The van der Waals surface area contributed by atoms with Crippen molar-refractivity contribution < 1.29 is 8.78 Å². The molecule has 3 heteroatoms. The fraction of sp³-hybridized carbons (Fsp3) is 0.429. The van der Waals surface area contributed by atoms with Crippen LogP contribution in [0.15, 0.2) is 18.2 Å². The number of hydrogen-bond acceptors (Lipinski definition) is 1. The van der Waals surface area contributed by atoms with Gasteiger partial charge in [0.25, 0.3) is 0 Å². The second-order valence-electron chi connectivity index (χ2n) is 4.07. The average molecular weight is 237 g/mol. The summed E-state index contributed by atoms with van der Waals surface area (Å²) in [4.78, 5) is 0. The molecule has 0 heterocycles. The van der Waals surface area contributed by atoms with Gasteiger partial charge in [0, 0.05) is 24.1 Å². The van der Waals surface area contributed by atoms with Crippen LogP contribution in [0.4, 0.5) is 8.78 Å². The Morgan fingerprint density at radius 1 is 1.41 bits per heavy atom. The first-order valence-corrected chi connectivity index (χ1v) is 5.73. The van der Waals surface area contributed by atoms with Gasteiger partial charge in [0.2, 0.25) is 0 Å². The zero-order chi connectivity index (χ0) is 12.8. The van der Waals surface area contributed by atoms with Crippen molar-refractivity contribution in [3.8, 4) is 12.3 Å². The quantitative estimate of drug-likeness (QED) is 0.774. The number of terminal acetylenes is 1. The molecule has 0 aliphatic rings. The van der Waals surface area contributed by atoms with E-state index in [0.29, 0.717) is 12.0 Å². The molecular formula is C14H17F2N. The van der Waals surface area contributed by atoms with Crippen LogP contribution in [0, 0.1) is 24.0 Å². The highest BCUT2D eigenvalue weighted by Crippen LogP contribution is 2.19. The Hall–Kier alpha value is -1.40. The summed E-state index contributed by atoms with van der Waals surface area (Å²) < 4.78 is 26.6. The fourth-order valence-electron chi connectivity index (χ4n) is 1.75. The summed E-state index contributed by atoms with van der Waals surface area (Å²) in [6.07, 6.45) is 6.68. The molecule has 2 unspecified atom stereocenters. The summed E-state index contributed by atoms with van der Waals surface area (Å²) in [5, 5.41) is 3.20. The molecule has 0 aliphatic carbocycles. The maximum absolute atomic E-state index is 13.5. The van der Waals surface area contributed by atoms with Crippen molar-refractivity contribution in [2.24, 2.45) is 0 Å². The molecule has 1 nitrogen and oxygen atoms in total. The van der Waals surface area contributed by atoms with Crippen molar-refractivity contribution in [2.45, 2.75) is 38.8 Å². The molecule has 92 valence electrons. The molecule has 1 rings (SSSR count). The first kappa shape index (κ1) is 13.7. The Kier molecular flexibility index (Phi) is 5.11. The van der Waals surface area contributed by atoms with Crippen molar-refractivity contribution in [3.63, 3.8) is 0 Å². The summed E-state index contributed by atoms with van der Waals surface area (Å²) >= 11 is 0. The number of halogens is 2. The van der Waals surface area contributed by atoms with Crippen molar-refractivity contribution in [1.29, 1.82) is 0 Å². The Labute approximate surface area is 101 Å². The van der Waals surface area contributed by atoms with Gasteiger partial charge in [0.1, 0.15) is 11.6 Å². The predicted molar refractivity (Wildman–Crippen MR) is 65.4 cm³/mol. The zero-order valence-electron chi connectivity index (χ0n) is 10.1. The first-order chi connectivity index (χ1) is 8.08. The summed E-state index contributed by atoms with van der Waals surface area (Å²) in [5.74, 6) is 1.74. The van der Waals surface area contributed by atoms with Crippen molar-refractivity contribution >= 4 is 0 Å². The number of hydrogen-bond donors (Lipinski definition) is 1. The van der Waals surface area contributed by atoms with Gasteiger partial charge in [-0.15, -0.1) is 12.3 Å². The highest BCUT2D eigenvalue weighted by atomic mass is 19.1. The lowest BCUT2D eigenvalue weighted by Gasteiger charge is -2.21. The van der Waals surface area contributed by atoms with Gasteiger partial charge in [-0.2, -0.15) is 0 Å². The van der Waals surface area contributed by atoms with Crippen LogP contribution in [0.2, 0.25) is 0 Å². The molecule has 0 saturated carbocycles. The van der Waals surface area contributed by atoms with Gasteiger partial charge in [0.05, 0.1) is 0 Å². The second kappa shape index (κ2) is 6.36. The molecule has 1 N–H and O–H groups in total. The highest BCUT2D eigenvalue weighted by molar-refractivity contribution is 5.22. The molecule has 0 radical (unpaired) electrons. The molecule has 17 heavy (non-hydrogen) atoms. The molecule has 0 aliphatic heterocycles. The van der Waals surface area contributed by atoms with E-state index in [0.717, 1.165) is 18.6 Å². The third-order valence-corrected chi connectivity index (χ3v) is 2.77. The Bertz CT molecular complexity index is 409. The van der Waals surface area contributed by atoms with Crippen molar-refractivity contribution in [3.05, 3.63) is 35.4 Å². The van der Waals surface area contributed by atoms with Crippen LogP contribution in [0.25, 0.3) is 0 Å². The number of rotatable bonds is 5. The van der Waals surface area contributed by atoms with Crippen LogP contribution < -0.4 is 5.32 Å². The van der Waals surface area contributed by atoms with Gasteiger partial charge >= 0.3 is 0 Å². The van der Waals surface area contributed by atoms with Crippen molar-refractivity contribution in [1.82, 2.24) is 5.32 Å². The van der Waals surface area contributed by atoms with Crippen LogP contribution in [0.3, 0.4) is 0 Å². The maximum Gasteiger partial charge on any atom is 0.128 e. The Balaban J connectivity index is 2.78. The average Bonchev–Trinajstić information content (AvgIpc) is 2.31. The topological polar surface area (TPSA) is 12.0 Å². The minimum Gasteiger partial charge on any atom is -0.306 e. The Morgan fingerprint density at radius 2 is 2.12 bits per heavy atom. The third kappa shape index (κ3) is 3.83. The summed E-state index contributed by atoms with van der Waals surface area (Å²) in [6, 6.07) is 3.34. The van der Waals surface area contributed by atoms with E-state index < -0.39 is 11.6 Å². The molecule has 0 aromatic heterocycles. The summed E-state index contributed by atoms with van der Waals surface area (Å²) in [6.45, 7) is 3.81. The molecule has 1 aromatic carbocycles. The molecular weight excluding hydrogens is 220 g/mol. The lowest BCUT2D eigenvalue weighted by molar-refractivity contribution is 0.434. The number of benzene rings is 1. The fourth-order valence-corrected chi connectivity index (χ4v) is 1.75. The predicted octanol–water partition coefficient (Wildman–Crippen LogP) is 3.42. The summed E-state index contributed by atoms with van der Waals surface area (Å²) in [5.41, 5.74) is 0.334. The SMILES string of the molecule is C#CCC(CC)NC(C)c1cc(F)ccc1F. The van der Waals surface area contributed by atoms with Gasteiger partial charge in [-0.1, -0.05) is 6.92 Å². The van der Waals surface area contributed by atoms with Gasteiger partial charge in [-0.3, -0.25) is 0 Å². The van der Waals surface area contributed by atoms with Crippen molar-refractivity contribution in [2.75, 3.05) is 0 Å². The standard InChI is InChI=1S/C14H17F2N/c1-4-6-12(5-2)17-10(3)13-9-11(15)7-8-14(13)16/h1,7-10,12,17H,5-6H2,2-3H3. The van der Waals surface area contributed by atoms with Crippen LogP contribution in [0.1, 0.15) is 38.3 Å².